The molecule has 5 nitrogen and oxygen atoms in total. The van der Waals surface area contributed by atoms with Crippen molar-refractivity contribution < 1.29 is 19.0 Å². The van der Waals surface area contributed by atoms with Gasteiger partial charge in [-0.2, -0.15) is 0 Å². The normalized spacial score (nSPS) is 10.9. The number of hydrogen-bond acceptors (Lipinski definition) is 3. The number of fused-ring (bicyclic) bond motifs is 1. The molecule has 0 bridgehead atoms. The maximum atomic E-state index is 13.5. The van der Waals surface area contributed by atoms with E-state index in [1.165, 1.54) is 12.1 Å². The summed E-state index contributed by atoms with van der Waals surface area (Å²) < 4.78 is 20.9. The molecule has 0 fully saturated rings. The van der Waals surface area contributed by atoms with E-state index in [4.69, 9.17) is 9.84 Å². The number of rotatable bonds is 7. The Kier molecular flexibility index (Phi) is 5.24. The molecule has 146 valence electrons. The van der Waals surface area contributed by atoms with Crippen LogP contribution >= 0.6 is 0 Å². The Bertz CT molecular complexity index is 1170. The SMILES string of the molecule is O=C(O)Cn1ccc2cc(OCCc3cccc(-c4cccc(F)c4)c3)cnc21. The van der Waals surface area contributed by atoms with E-state index in [2.05, 4.69) is 4.98 Å². The zero-order valence-corrected chi connectivity index (χ0v) is 15.6. The molecule has 4 aromatic rings. The molecule has 29 heavy (non-hydrogen) atoms. The van der Waals surface area contributed by atoms with Crippen LogP contribution in [0.3, 0.4) is 0 Å². The smallest absolute Gasteiger partial charge is 0.323 e. The molecule has 0 aliphatic heterocycles. The van der Waals surface area contributed by atoms with Gasteiger partial charge in [-0.1, -0.05) is 36.4 Å². The summed E-state index contributed by atoms with van der Waals surface area (Å²) in [5.74, 6) is -0.534. The van der Waals surface area contributed by atoms with Crippen molar-refractivity contribution in [2.75, 3.05) is 6.61 Å². The van der Waals surface area contributed by atoms with Crippen LogP contribution in [-0.4, -0.2) is 27.2 Å². The topological polar surface area (TPSA) is 64.3 Å². The van der Waals surface area contributed by atoms with Gasteiger partial charge in [-0.05, 0) is 41.0 Å². The summed E-state index contributed by atoms with van der Waals surface area (Å²) in [5, 5.41) is 9.77. The summed E-state index contributed by atoms with van der Waals surface area (Å²) >= 11 is 0. The molecule has 4 rings (SSSR count). The van der Waals surface area contributed by atoms with Crippen LogP contribution in [-0.2, 0) is 17.8 Å². The second-order valence-electron chi connectivity index (χ2n) is 6.73. The molecule has 0 saturated heterocycles. The van der Waals surface area contributed by atoms with E-state index < -0.39 is 5.97 Å². The van der Waals surface area contributed by atoms with Crippen molar-refractivity contribution in [3.63, 3.8) is 0 Å². The lowest BCUT2D eigenvalue weighted by molar-refractivity contribution is -0.137. The minimum absolute atomic E-state index is 0.127. The van der Waals surface area contributed by atoms with E-state index in [1.54, 1.807) is 23.0 Å². The first-order valence-electron chi connectivity index (χ1n) is 9.23. The predicted molar refractivity (Wildman–Crippen MR) is 108 cm³/mol. The van der Waals surface area contributed by atoms with Crippen LogP contribution in [0.1, 0.15) is 5.56 Å². The van der Waals surface area contributed by atoms with Gasteiger partial charge in [0.2, 0.25) is 0 Å². The molecule has 6 heteroatoms. The van der Waals surface area contributed by atoms with Crippen molar-refractivity contribution in [1.82, 2.24) is 9.55 Å². The third-order valence-electron chi connectivity index (χ3n) is 4.63. The first kappa shape index (κ1) is 18.7. The van der Waals surface area contributed by atoms with Gasteiger partial charge in [0.25, 0.3) is 0 Å². The summed E-state index contributed by atoms with van der Waals surface area (Å²) in [6.45, 7) is 0.341. The minimum Gasteiger partial charge on any atom is -0.492 e. The standard InChI is InChI=1S/C23H19FN2O3/c24-20-6-2-5-18(12-20)17-4-1-3-16(11-17)8-10-29-21-13-19-7-9-26(15-22(27)28)23(19)25-14-21/h1-7,9,11-14H,8,10,15H2,(H,27,28). The molecule has 1 N–H and O–H groups in total. The predicted octanol–water partition coefficient (Wildman–Crippen LogP) is 4.55. The summed E-state index contributed by atoms with van der Waals surface area (Å²) in [5.41, 5.74) is 3.51. The highest BCUT2D eigenvalue weighted by Gasteiger charge is 2.07. The number of halogens is 1. The van der Waals surface area contributed by atoms with E-state index in [0.29, 0.717) is 24.4 Å². The van der Waals surface area contributed by atoms with Crippen LogP contribution in [0, 0.1) is 5.82 Å². The Morgan fingerprint density at radius 1 is 1.07 bits per heavy atom. The fourth-order valence-corrected chi connectivity index (χ4v) is 3.27. The third-order valence-corrected chi connectivity index (χ3v) is 4.63. The molecule has 0 radical (unpaired) electrons. The number of hydrogen-bond donors (Lipinski definition) is 1. The number of aromatic nitrogens is 2. The molecule has 0 aliphatic carbocycles. The number of aliphatic carboxylic acids is 1. The average molecular weight is 390 g/mol. The molecule has 0 unspecified atom stereocenters. The highest BCUT2D eigenvalue weighted by Crippen LogP contribution is 2.22. The number of carbonyl (C=O) groups is 1. The molecule has 2 aromatic heterocycles. The summed E-state index contributed by atoms with van der Waals surface area (Å²) in [4.78, 5) is 15.2. The number of nitrogens with zero attached hydrogens (tertiary/aromatic N) is 2. The summed E-state index contributed by atoms with van der Waals surface area (Å²) in [7, 11) is 0. The first-order valence-corrected chi connectivity index (χ1v) is 9.23. The van der Waals surface area contributed by atoms with Crippen molar-refractivity contribution in [3.05, 3.63) is 84.4 Å². The maximum Gasteiger partial charge on any atom is 0.323 e. The molecule has 0 spiro atoms. The average Bonchev–Trinajstić information content (AvgIpc) is 3.10. The van der Waals surface area contributed by atoms with Crippen molar-refractivity contribution >= 4 is 17.0 Å². The molecule has 0 saturated carbocycles. The molecule has 2 heterocycles. The third kappa shape index (κ3) is 4.43. The van der Waals surface area contributed by atoms with Gasteiger partial charge in [0.05, 0.1) is 12.8 Å². The molecular weight excluding hydrogens is 371 g/mol. The monoisotopic (exact) mass is 390 g/mol. The van der Waals surface area contributed by atoms with Crippen molar-refractivity contribution in [1.29, 1.82) is 0 Å². The Morgan fingerprint density at radius 2 is 1.86 bits per heavy atom. The fraction of sp³-hybridized carbons (Fsp3) is 0.130. The van der Waals surface area contributed by atoms with Gasteiger partial charge < -0.3 is 14.4 Å². The zero-order chi connectivity index (χ0) is 20.2. The van der Waals surface area contributed by atoms with Crippen LogP contribution in [0.2, 0.25) is 0 Å². The van der Waals surface area contributed by atoms with Crippen LogP contribution < -0.4 is 4.74 Å². The molecule has 0 amide bonds. The quantitative estimate of drug-likeness (QED) is 0.503. The fourth-order valence-electron chi connectivity index (χ4n) is 3.27. The molecular formula is C23H19FN2O3. The molecule has 0 atom stereocenters. The Balaban J connectivity index is 1.41. The minimum atomic E-state index is -0.912. The Morgan fingerprint density at radius 3 is 2.66 bits per heavy atom. The molecule has 0 aliphatic rings. The summed E-state index contributed by atoms with van der Waals surface area (Å²) in [6, 6.07) is 18.2. The van der Waals surface area contributed by atoms with Gasteiger partial charge in [-0.3, -0.25) is 4.79 Å². The van der Waals surface area contributed by atoms with Gasteiger partial charge in [-0.15, -0.1) is 0 Å². The van der Waals surface area contributed by atoms with Crippen LogP contribution in [0.25, 0.3) is 22.2 Å². The van der Waals surface area contributed by atoms with E-state index in [9.17, 15) is 9.18 Å². The number of pyridine rings is 1. The maximum absolute atomic E-state index is 13.5. The van der Waals surface area contributed by atoms with Gasteiger partial charge >= 0.3 is 5.97 Å². The number of carboxylic acids is 1. The zero-order valence-electron chi connectivity index (χ0n) is 15.6. The largest absolute Gasteiger partial charge is 0.492 e. The second kappa shape index (κ2) is 8.14. The summed E-state index contributed by atoms with van der Waals surface area (Å²) in [6.07, 6.45) is 4.00. The van der Waals surface area contributed by atoms with Crippen LogP contribution in [0.15, 0.2) is 73.1 Å². The van der Waals surface area contributed by atoms with Gasteiger partial charge in [0.15, 0.2) is 0 Å². The van der Waals surface area contributed by atoms with E-state index in [1.807, 2.05) is 42.5 Å². The number of carboxylic acid groups (broad SMARTS) is 1. The highest BCUT2D eigenvalue weighted by atomic mass is 19.1. The van der Waals surface area contributed by atoms with Crippen LogP contribution in [0.4, 0.5) is 4.39 Å². The van der Waals surface area contributed by atoms with Crippen molar-refractivity contribution in [2.45, 2.75) is 13.0 Å². The van der Waals surface area contributed by atoms with Crippen LogP contribution in [0.5, 0.6) is 5.75 Å². The van der Waals surface area contributed by atoms with Gasteiger partial charge in [0.1, 0.15) is 23.8 Å². The van der Waals surface area contributed by atoms with Crippen molar-refractivity contribution in [2.24, 2.45) is 0 Å². The van der Waals surface area contributed by atoms with E-state index in [-0.39, 0.29) is 12.4 Å². The van der Waals surface area contributed by atoms with Gasteiger partial charge in [-0.25, -0.2) is 9.37 Å². The highest BCUT2D eigenvalue weighted by molar-refractivity contribution is 5.79. The van der Waals surface area contributed by atoms with Gasteiger partial charge in [0, 0.05) is 18.0 Å². The Labute approximate surface area is 167 Å². The van der Waals surface area contributed by atoms with E-state index >= 15 is 0 Å². The lowest BCUT2D eigenvalue weighted by atomic mass is 10.0. The number of ether oxygens (including phenoxy) is 1. The molecule has 2 aromatic carbocycles. The van der Waals surface area contributed by atoms with E-state index in [0.717, 1.165) is 22.1 Å². The number of benzene rings is 2. The Hall–Kier alpha value is -3.67. The lowest BCUT2D eigenvalue weighted by Crippen LogP contribution is -2.08. The van der Waals surface area contributed by atoms with Crippen molar-refractivity contribution in [3.8, 4) is 16.9 Å². The lowest BCUT2D eigenvalue weighted by Gasteiger charge is -2.08. The second-order valence-corrected chi connectivity index (χ2v) is 6.73. The first-order chi connectivity index (χ1) is 14.1.